The fraction of sp³-hybridized carbons (Fsp3) is 0.353. The summed E-state index contributed by atoms with van der Waals surface area (Å²) in [6.07, 6.45) is 4.99. The summed E-state index contributed by atoms with van der Waals surface area (Å²) in [5, 5.41) is 1.43. The molecule has 0 aliphatic rings. The van der Waals surface area contributed by atoms with E-state index in [2.05, 4.69) is 6.92 Å². The third kappa shape index (κ3) is 4.64. The average molecular weight is 322 g/mol. The second-order valence-electron chi connectivity index (χ2n) is 5.06. The molecular weight excluding hydrogens is 300 g/mol. The lowest BCUT2D eigenvalue weighted by atomic mass is 10.0. The maximum atomic E-state index is 11.7. The lowest BCUT2D eigenvalue weighted by Gasteiger charge is -2.10. The van der Waals surface area contributed by atoms with Gasteiger partial charge in [0, 0.05) is 5.39 Å². The first kappa shape index (κ1) is 18.3. The lowest BCUT2D eigenvalue weighted by Crippen LogP contribution is -2.04. The van der Waals surface area contributed by atoms with Crippen molar-refractivity contribution in [3.05, 3.63) is 42.0 Å². The molecule has 0 spiro atoms. The van der Waals surface area contributed by atoms with Crippen molar-refractivity contribution in [2.45, 2.75) is 43.9 Å². The number of fused-ring (bicyclic) bond motifs is 1. The van der Waals surface area contributed by atoms with Crippen LogP contribution in [0.5, 0.6) is 0 Å². The number of benzene rings is 2. The van der Waals surface area contributed by atoms with E-state index >= 15 is 0 Å². The van der Waals surface area contributed by atoms with Gasteiger partial charge in [-0.15, -0.1) is 0 Å². The number of rotatable bonds is 6. The first-order valence-electron chi connectivity index (χ1n) is 7.31. The Morgan fingerprint density at radius 3 is 2.32 bits per heavy atom. The minimum absolute atomic E-state index is 0.0760. The molecule has 0 unspecified atom stereocenters. The summed E-state index contributed by atoms with van der Waals surface area (Å²) in [5.74, 6) is 0. The van der Waals surface area contributed by atoms with Gasteiger partial charge in [-0.2, -0.15) is 8.42 Å². The van der Waals surface area contributed by atoms with Crippen LogP contribution in [0.4, 0.5) is 0 Å². The second kappa shape index (κ2) is 8.66. The number of hydrogen-bond acceptors (Lipinski definition) is 3. The minimum Gasteiger partial charge on any atom is -0.307 e. The molecule has 2 rings (SSSR count). The Kier molecular flexibility index (Phi) is 7.21. The smallest absolute Gasteiger partial charge is 0.295 e. The van der Waals surface area contributed by atoms with Crippen molar-refractivity contribution >= 4 is 27.7 Å². The molecule has 0 amide bonds. The van der Waals surface area contributed by atoms with Crippen LogP contribution in [0.1, 0.15) is 38.2 Å². The van der Waals surface area contributed by atoms with Crippen LogP contribution in [0.3, 0.4) is 0 Å². The van der Waals surface area contributed by atoms with Crippen molar-refractivity contribution in [1.29, 1.82) is 0 Å². The van der Waals surface area contributed by atoms with E-state index in [4.69, 9.17) is 4.79 Å². The van der Waals surface area contributed by atoms with Crippen molar-refractivity contribution in [3.63, 3.8) is 0 Å². The van der Waals surface area contributed by atoms with Crippen molar-refractivity contribution < 1.29 is 17.8 Å². The zero-order chi connectivity index (χ0) is 16.6. The van der Waals surface area contributed by atoms with Gasteiger partial charge in [-0.3, -0.25) is 4.55 Å². The molecule has 2 aromatic carbocycles. The Labute approximate surface area is 131 Å². The molecule has 0 aliphatic carbocycles. The Hall–Kier alpha value is -1.72. The molecule has 0 atom stereocenters. The molecule has 22 heavy (non-hydrogen) atoms. The first-order chi connectivity index (χ1) is 10.5. The molecule has 0 aromatic heterocycles. The van der Waals surface area contributed by atoms with Crippen molar-refractivity contribution in [3.8, 4) is 0 Å². The van der Waals surface area contributed by atoms with E-state index < -0.39 is 10.1 Å². The van der Waals surface area contributed by atoms with Gasteiger partial charge in [-0.05, 0) is 23.8 Å². The summed E-state index contributed by atoms with van der Waals surface area (Å²) < 4.78 is 33.0. The van der Waals surface area contributed by atoms with Crippen LogP contribution >= 0.6 is 0 Å². The topological polar surface area (TPSA) is 71.4 Å². The summed E-state index contributed by atoms with van der Waals surface area (Å²) in [6, 6.07) is 11.0. The third-order valence-corrected chi connectivity index (χ3v) is 4.52. The summed E-state index contributed by atoms with van der Waals surface area (Å²) in [4.78, 5) is 8.08. The van der Waals surface area contributed by atoms with Gasteiger partial charge in [-0.1, -0.05) is 62.6 Å². The maximum absolute atomic E-state index is 11.7. The highest BCUT2D eigenvalue weighted by molar-refractivity contribution is 7.86. The van der Waals surface area contributed by atoms with Crippen molar-refractivity contribution in [1.82, 2.24) is 0 Å². The van der Waals surface area contributed by atoms with Crippen LogP contribution < -0.4 is 0 Å². The van der Waals surface area contributed by atoms with E-state index in [1.54, 1.807) is 12.1 Å². The molecule has 4 nitrogen and oxygen atoms in total. The van der Waals surface area contributed by atoms with Crippen molar-refractivity contribution in [2.24, 2.45) is 0 Å². The molecular formula is C17H22O4S. The van der Waals surface area contributed by atoms with Crippen LogP contribution in [0, 0.1) is 0 Å². The monoisotopic (exact) mass is 322 g/mol. The number of unbranched alkanes of at least 4 members (excludes halogenated alkanes) is 3. The number of carbonyl (C=O) groups is 1. The summed E-state index contributed by atoms with van der Waals surface area (Å²) >= 11 is 0. The fourth-order valence-corrected chi connectivity index (χ4v) is 3.50. The Morgan fingerprint density at radius 2 is 1.68 bits per heavy atom. The standard InChI is InChI=1S/C16H20O3S.CH2O/c1-2-3-4-5-9-14-12-11-13-8-6-7-10-15(13)16(14)20(17,18)19;1-2/h6-8,10-12H,2-5,9H2,1H3,(H,17,18,19);1H2. The SMILES string of the molecule is C=O.CCCCCCc1ccc2ccccc2c1S(=O)(=O)O. The van der Waals surface area contributed by atoms with Gasteiger partial charge in [0.1, 0.15) is 11.7 Å². The van der Waals surface area contributed by atoms with Crippen LogP contribution in [-0.4, -0.2) is 19.8 Å². The molecule has 2 aromatic rings. The lowest BCUT2D eigenvalue weighted by molar-refractivity contribution is -0.0979. The fourth-order valence-electron chi connectivity index (χ4n) is 2.53. The van der Waals surface area contributed by atoms with Gasteiger partial charge < -0.3 is 4.79 Å². The highest BCUT2D eigenvalue weighted by atomic mass is 32.2. The normalized spacial score (nSPS) is 11.0. The average Bonchev–Trinajstić information content (AvgIpc) is 2.52. The predicted molar refractivity (Wildman–Crippen MR) is 88.7 cm³/mol. The summed E-state index contributed by atoms with van der Waals surface area (Å²) in [5.41, 5.74) is 0.710. The molecule has 0 bridgehead atoms. The van der Waals surface area contributed by atoms with Crippen LogP contribution in [0.2, 0.25) is 0 Å². The van der Waals surface area contributed by atoms with Gasteiger partial charge >= 0.3 is 0 Å². The number of hydrogen-bond donors (Lipinski definition) is 1. The van der Waals surface area contributed by atoms with Crippen molar-refractivity contribution in [2.75, 3.05) is 0 Å². The summed E-state index contributed by atoms with van der Waals surface area (Å²) in [6.45, 7) is 4.14. The van der Waals surface area contributed by atoms with Gasteiger partial charge in [-0.25, -0.2) is 0 Å². The molecule has 0 radical (unpaired) electrons. The maximum Gasteiger partial charge on any atom is 0.295 e. The third-order valence-electron chi connectivity index (χ3n) is 3.52. The molecule has 0 fully saturated rings. The zero-order valence-corrected chi connectivity index (χ0v) is 13.6. The van der Waals surface area contributed by atoms with E-state index in [9.17, 15) is 13.0 Å². The van der Waals surface area contributed by atoms with E-state index in [0.29, 0.717) is 17.4 Å². The molecule has 1 N–H and O–H groups in total. The van der Waals surface area contributed by atoms with E-state index in [1.807, 2.05) is 31.1 Å². The van der Waals surface area contributed by atoms with Crippen LogP contribution in [-0.2, 0) is 21.3 Å². The molecule has 0 saturated carbocycles. The number of aryl methyl sites for hydroxylation is 1. The largest absolute Gasteiger partial charge is 0.307 e. The molecule has 0 heterocycles. The van der Waals surface area contributed by atoms with E-state index in [1.165, 1.54) is 0 Å². The van der Waals surface area contributed by atoms with Gasteiger partial charge in [0.05, 0.1) is 0 Å². The van der Waals surface area contributed by atoms with Crippen LogP contribution in [0.15, 0.2) is 41.3 Å². The molecule has 0 saturated heterocycles. The summed E-state index contributed by atoms with van der Waals surface area (Å²) in [7, 11) is -4.20. The van der Waals surface area contributed by atoms with Crippen LogP contribution in [0.25, 0.3) is 10.8 Å². The minimum atomic E-state index is -4.20. The van der Waals surface area contributed by atoms with E-state index in [-0.39, 0.29) is 4.90 Å². The predicted octanol–water partition coefficient (Wildman–Crippen LogP) is 4.02. The number of carbonyl (C=O) groups excluding carboxylic acids is 1. The second-order valence-corrected chi connectivity index (χ2v) is 6.42. The highest BCUT2D eigenvalue weighted by Gasteiger charge is 2.18. The quantitative estimate of drug-likeness (QED) is 0.644. The highest BCUT2D eigenvalue weighted by Crippen LogP contribution is 2.28. The van der Waals surface area contributed by atoms with Gasteiger partial charge in [0.25, 0.3) is 10.1 Å². The molecule has 0 aliphatic heterocycles. The Balaban J connectivity index is 0.00000116. The Morgan fingerprint density at radius 1 is 1.00 bits per heavy atom. The Bertz CT molecular complexity index is 708. The van der Waals surface area contributed by atoms with E-state index in [0.717, 1.165) is 31.1 Å². The molecule has 120 valence electrons. The van der Waals surface area contributed by atoms with Gasteiger partial charge in [0.15, 0.2) is 0 Å². The first-order valence-corrected chi connectivity index (χ1v) is 8.75. The zero-order valence-electron chi connectivity index (χ0n) is 12.8. The molecule has 5 heteroatoms. The van der Waals surface area contributed by atoms with Gasteiger partial charge in [0.2, 0.25) is 0 Å².